The van der Waals surface area contributed by atoms with Crippen LogP contribution in [-0.4, -0.2) is 19.3 Å². The fourth-order valence-electron chi connectivity index (χ4n) is 2.68. The first-order valence-electron chi connectivity index (χ1n) is 8.15. The Labute approximate surface area is 176 Å². The largest absolute Gasteiger partial charge is 0.326 e. The number of aromatic nitrogens is 1. The maximum atomic E-state index is 13.5. The first kappa shape index (κ1) is 21.2. The zero-order chi connectivity index (χ0) is 21.2. The number of nitrogens with two attached hydrogens (primary N) is 1. The molecule has 0 atom stereocenters. The Kier molecular flexibility index (Phi) is 6.18. The number of amides is 1. The normalized spacial score (nSPS) is 11.3. The number of halogens is 3. The number of sulfonamides is 1. The van der Waals surface area contributed by atoms with Gasteiger partial charge in [0.2, 0.25) is 15.9 Å². The summed E-state index contributed by atoms with van der Waals surface area (Å²) in [6.07, 6.45) is 2.26. The van der Waals surface area contributed by atoms with Crippen LogP contribution in [0, 0.1) is 5.82 Å². The van der Waals surface area contributed by atoms with E-state index in [1.165, 1.54) is 30.5 Å². The molecule has 0 radical (unpaired) electrons. The number of hydrogen-bond donors (Lipinski definition) is 2. The van der Waals surface area contributed by atoms with E-state index in [1.807, 2.05) is 0 Å². The quantitative estimate of drug-likeness (QED) is 0.608. The summed E-state index contributed by atoms with van der Waals surface area (Å²) in [5.74, 6) is -1.05. The zero-order valence-corrected chi connectivity index (χ0v) is 17.0. The Hall–Kier alpha value is -2.52. The van der Waals surface area contributed by atoms with Gasteiger partial charge in [0.25, 0.3) is 0 Å². The van der Waals surface area contributed by atoms with Crippen LogP contribution in [-0.2, 0) is 21.2 Å². The maximum Gasteiger partial charge on any atom is 0.238 e. The number of rotatable bonds is 5. The van der Waals surface area contributed by atoms with Crippen LogP contribution in [0.3, 0.4) is 0 Å². The predicted octanol–water partition coefficient (Wildman–Crippen LogP) is 4.02. The fraction of sp³-hybridized carbons (Fsp3) is 0.0526. The van der Waals surface area contributed by atoms with Gasteiger partial charge in [0.15, 0.2) is 0 Å². The molecule has 1 amide bonds. The highest BCUT2D eigenvalue weighted by Crippen LogP contribution is 2.29. The van der Waals surface area contributed by atoms with Gasteiger partial charge in [-0.1, -0.05) is 35.3 Å². The van der Waals surface area contributed by atoms with E-state index in [4.69, 9.17) is 28.3 Å². The summed E-state index contributed by atoms with van der Waals surface area (Å²) < 4.78 is 37.6. The molecule has 2 aromatic carbocycles. The second-order valence-corrected chi connectivity index (χ2v) is 8.48. The molecule has 3 rings (SSSR count). The van der Waals surface area contributed by atoms with E-state index in [9.17, 15) is 17.6 Å². The van der Waals surface area contributed by atoms with Crippen LogP contribution >= 0.6 is 23.2 Å². The van der Waals surface area contributed by atoms with Crippen molar-refractivity contribution in [1.29, 1.82) is 0 Å². The second kappa shape index (κ2) is 8.46. The van der Waals surface area contributed by atoms with Crippen molar-refractivity contribution in [1.82, 2.24) is 4.98 Å². The molecule has 0 bridgehead atoms. The van der Waals surface area contributed by atoms with Gasteiger partial charge >= 0.3 is 0 Å². The molecule has 3 N–H and O–H groups in total. The molecule has 0 saturated heterocycles. The number of nitrogens with zero attached hydrogens (tertiary/aromatic N) is 1. The van der Waals surface area contributed by atoms with Crippen molar-refractivity contribution < 1.29 is 17.6 Å². The van der Waals surface area contributed by atoms with E-state index in [-0.39, 0.29) is 28.1 Å². The number of nitrogens with one attached hydrogen (secondary N) is 1. The van der Waals surface area contributed by atoms with Crippen molar-refractivity contribution >= 4 is 44.8 Å². The minimum absolute atomic E-state index is 0.0454. The first-order valence-corrected chi connectivity index (χ1v) is 10.5. The Bertz CT molecular complexity index is 1200. The number of hydrogen-bond acceptors (Lipinski definition) is 4. The SMILES string of the molecule is NS(=O)(=O)c1cc(NC(=O)Cc2ccc(Cl)cc2Cl)ccc1-c1cncc(F)c1. The molecule has 1 aromatic heterocycles. The van der Waals surface area contributed by atoms with Crippen LogP contribution in [0.2, 0.25) is 10.0 Å². The van der Waals surface area contributed by atoms with Crippen LogP contribution in [0.15, 0.2) is 59.8 Å². The molecule has 1 heterocycles. The molecule has 6 nitrogen and oxygen atoms in total. The number of anilines is 1. The Morgan fingerprint density at radius 1 is 1.10 bits per heavy atom. The van der Waals surface area contributed by atoms with E-state index in [0.717, 1.165) is 12.3 Å². The molecule has 29 heavy (non-hydrogen) atoms. The smallest absolute Gasteiger partial charge is 0.238 e. The van der Waals surface area contributed by atoms with E-state index >= 15 is 0 Å². The Balaban J connectivity index is 1.90. The second-order valence-electron chi connectivity index (χ2n) is 6.11. The average molecular weight is 454 g/mol. The van der Waals surface area contributed by atoms with Crippen LogP contribution in [0.1, 0.15) is 5.56 Å². The van der Waals surface area contributed by atoms with Crippen molar-refractivity contribution in [3.8, 4) is 11.1 Å². The van der Waals surface area contributed by atoms with Crippen molar-refractivity contribution in [2.45, 2.75) is 11.3 Å². The van der Waals surface area contributed by atoms with Crippen LogP contribution in [0.25, 0.3) is 11.1 Å². The molecule has 0 saturated carbocycles. The first-order chi connectivity index (χ1) is 13.6. The summed E-state index contributed by atoms with van der Waals surface area (Å²) in [6, 6.07) is 10.00. The van der Waals surface area contributed by atoms with Gasteiger partial charge in [0, 0.05) is 33.1 Å². The summed E-state index contributed by atoms with van der Waals surface area (Å²) in [4.78, 5) is 15.8. The van der Waals surface area contributed by atoms with Crippen molar-refractivity contribution in [2.24, 2.45) is 5.14 Å². The number of pyridine rings is 1. The van der Waals surface area contributed by atoms with Gasteiger partial charge in [-0.15, -0.1) is 0 Å². The molecular formula is C19H14Cl2FN3O3S. The van der Waals surface area contributed by atoms with E-state index < -0.39 is 21.7 Å². The highest BCUT2D eigenvalue weighted by molar-refractivity contribution is 7.89. The molecule has 10 heteroatoms. The molecule has 0 aliphatic carbocycles. The van der Waals surface area contributed by atoms with Gasteiger partial charge in [-0.2, -0.15) is 0 Å². The predicted molar refractivity (Wildman–Crippen MR) is 110 cm³/mol. The van der Waals surface area contributed by atoms with Crippen molar-refractivity contribution in [3.63, 3.8) is 0 Å². The summed E-state index contributed by atoms with van der Waals surface area (Å²) in [5, 5.41) is 8.68. The van der Waals surface area contributed by atoms with Gasteiger partial charge in [-0.05, 0) is 35.9 Å². The minimum Gasteiger partial charge on any atom is -0.326 e. The Morgan fingerprint density at radius 3 is 2.52 bits per heavy atom. The van der Waals surface area contributed by atoms with Crippen LogP contribution < -0.4 is 10.5 Å². The molecular weight excluding hydrogens is 440 g/mol. The highest BCUT2D eigenvalue weighted by atomic mass is 35.5. The lowest BCUT2D eigenvalue weighted by molar-refractivity contribution is -0.115. The van der Waals surface area contributed by atoms with E-state index in [1.54, 1.807) is 12.1 Å². The highest BCUT2D eigenvalue weighted by Gasteiger charge is 2.18. The van der Waals surface area contributed by atoms with Gasteiger partial charge in [0.05, 0.1) is 17.5 Å². The standard InChI is InChI=1S/C19H14Cl2FN3O3S/c20-13-2-1-11(17(21)7-13)6-19(26)25-15-3-4-16(18(8-15)29(23,27)28)12-5-14(22)10-24-9-12/h1-5,7-10H,6H2,(H,25,26)(H2,23,27,28). The van der Waals surface area contributed by atoms with Crippen molar-refractivity contribution in [2.75, 3.05) is 5.32 Å². The third-order valence-corrected chi connectivity index (χ3v) is 5.49. The fourth-order valence-corrected chi connectivity index (χ4v) is 3.94. The molecule has 0 aliphatic rings. The number of primary sulfonamides is 1. The lowest BCUT2D eigenvalue weighted by Crippen LogP contribution is -2.17. The zero-order valence-electron chi connectivity index (χ0n) is 14.7. The minimum atomic E-state index is -4.16. The molecule has 0 fully saturated rings. The summed E-state index contributed by atoms with van der Waals surface area (Å²) in [5.41, 5.74) is 1.16. The summed E-state index contributed by atoms with van der Waals surface area (Å²) in [7, 11) is -4.16. The monoisotopic (exact) mass is 453 g/mol. The Morgan fingerprint density at radius 2 is 1.86 bits per heavy atom. The van der Waals surface area contributed by atoms with E-state index in [0.29, 0.717) is 15.6 Å². The molecule has 0 spiro atoms. The lowest BCUT2D eigenvalue weighted by Gasteiger charge is -2.12. The summed E-state index contributed by atoms with van der Waals surface area (Å²) in [6.45, 7) is 0. The topological polar surface area (TPSA) is 102 Å². The molecule has 150 valence electrons. The molecule has 0 aliphatic heterocycles. The van der Waals surface area contributed by atoms with Gasteiger partial charge in [-0.25, -0.2) is 17.9 Å². The molecule has 0 unspecified atom stereocenters. The van der Waals surface area contributed by atoms with Crippen molar-refractivity contribution in [3.05, 3.63) is 76.3 Å². The average Bonchev–Trinajstić information content (AvgIpc) is 2.63. The van der Waals surface area contributed by atoms with Gasteiger partial charge < -0.3 is 5.32 Å². The number of carbonyl (C=O) groups excluding carboxylic acids is 1. The third kappa shape index (κ3) is 5.30. The van der Waals surface area contributed by atoms with Crippen LogP contribution in [0.5, 0.6) is 0 Å². The van der Waals surface area contributed by atoms with E-state index in [2.05, 4.69) is 10.3 Å². The molecule has 3 aromatic rings. The van der Waals surface area contributed by atoms with Gasteiger partial charge in [-0.3, -0.25) is 9.78 Å². The summed E-state index contributed by atoms with van der Waals surface area (Å²) >= 11 is 11.9. The lowest BCUT2D eigenvalue weighted by atomic mass is 10.1. The van der Waals surface area contributed by atoms with Gasteiger partial charge in [0.1, 0.15) is 5.82 Å². The maximum absolute atomic E-state index is 13.5. The van der Waals surface area contributed by atoms with Crippen LogP contribution in [0.4, 0.5) is 10.1 Å². The third-order valence-electron chi connectivity index (χ3n) is 3.95. The number of carbonyl (C=O) groups is 1. The number of benzene rings is 2.